The van der Waals surface area contributed by atoms with Gasteiger partial charge in [-0.3, -0.25) is 15.8 Å². The molecule has 0 aliphatic carbocycles. The molecular formula is C25H35FN4O5. The summed E-state index contributed by atoms with van der Waals surface area (Å²) in [5.41, 5.74) is 5.48. The SMILES string of the molecule is COC(=O)Nc1nccc(-c2ccc(O[C@H](N)C(C)(CC(C)C)C(=O)OC(C)(C)C)c(C)n2)c1F. The molecule has 2 heterocycles. The molecule has 3 N–H and O–H groups in total. The number of methoxy groups -OCH3 is 1. The number of rotatable bonds is 8. The lowest BCUT2D eigenvalue weighted by molar-refractivity contribution is -0.174. The highest BCUT2D eigenvalue weighted by atomic mass is 19.1. The number of hydrogen-bond acceptors (Lipinski definition) is 8. The molecule has 0 saturated heterocycles. The van der Waals surface area contributed by atoms with Gasteiger partial charge in [-0.25, -0.2) is 19.2 Å². The van der Waals surface area contributed by atoms with Gasteiger partial charge in [-0.1, -0.05) is 13.8 Å². The van der Waals surface area contributed by atoms with Gasteiger partial charge >= 0.3 is 12.1 Å². The molecule has 1 amide bonds. The minimum Gasteiger partial charge on any atom is -0.472 e. The van der Waals surface area contributed by atoms with Crippen molar-refractivity contribution in [2.75, 3.05) is 12.4 Å². The van der Waals surface area contributed by atoms with E-state index >= 15 is 0 Å². The smallest absolute Gasteiger partial charge is 0.412 e. The predicted molar refractivity (Wildman–Crippen MR) is 130 cm³/mol. The quantitative estimate of drug-likeness (QED) is 0.398. The van der Waals surface area contributed by atoms with E-state index in [1.54, 1.807) is 46.8 Å². The van der Waals surface area contributed by atoms with Crippen LogP contribution in [0.4, 0.5) is 15.0 Å². The third-order valence-corrected chi connectivity index (χ3v) is 5.19. The molecule has 35 heavy (non-hydrogen) atoms. The second-order valence-electron chi connectivity index (χ2n) is 9.97. The van der Waals surface area contributed by atoms with Crippen LogP contribution in [0, 0.1) is 24.1 Å². The number of amides is 1. The van der Waals surface area contributed by atoms with E-state index in [4.69, 9.17) is 15.2 Å². The van der Waals surface area contributed by atoms with Gasteiger partial charge in [-0.05, 0) is 65.2 Å². The maximum Gasteiger partial charge on any atom is 0.412 e. The molecule has 2 rings (SSSR count). The van der Waals surface area contributed by atoms with Crippen molar-refractivity contribution in [1.29, 1.82) is 0 Å². The van der Waals surface area contributed by atoms with Crippen LogP contribution < -0.4 is 15.8 Å². The Morgan fingerprint density at radius 2 is 1.83 bits per heavy atom. The minimum atomic E-state index is -1.11. The summed E-state index contributed by atoms with van der Waals surface area (Å²) >= 11 is 0. The van der Waals surface area contributed by atoms with Crippen LogP contribution in [0.25, 0.3) is 11.3 Å². The first-order valence-electron chi connectivity index (χ1n) is 11.3. The molecule has 0 saturated carbocycles. The summed E-state index contributed by atoms with van der Waals surface area (Å²) in [5.74, 6) is -0.978. The number of nitrogens with one attached hydrogen (secondary N) is 1. The monoisotopic (exact) mass is 490 g/mol. The molecular weight excluding hydrogens is 455 g/mol. The first-order valence-corrected chi connectivity index (χ1v) is 11.3. The van der Waals surface area contributed by atoms with Gasteiger partial charge in [0, 0.05) is 11.8 Å². The van der Waals surface area contributed by atoms with Crippen molar-refractivity contribution >= 4 is 17.9 Å². The highest BCUT2D eigenvalue weighted by Crippen LogP contribution is 2.35. The molecule has 0 aliphatic heterocycles. The summed E-state index contributed by atoms with van der Waals surface area (Å²) in [6.07, 6.45) is -0.0603. The predicted octanol–water partition coefficient (Wildman–Crippen LogP) is 4.83. The zero-order valence-electron chi connectivity index (χ0n) is 21.6. The maximum atomic E-state index is 14.9. The van der Waals surface area contributed by atoms with Crippen molar-refractivity contribution in [3.05, 3.63) is 35.9 Å². The van der Waals surface area contributed by atoms with Crippen molar-refractivity contribution in [3.8, 4) is 17.0 Å². The van der Waals surface area contributed by atoms with Gasteiger partial charge in [0.2, 0.25) is 0 Å². The number of aromatic nitrogens is 2. The molecule has 192 valence electrons. The lowest BCUT2D eigenvalue weighted by Gasteiger charge is -2.36. The summed E-state index contributed by atoms with van der Waals surface area (Å²) in [4.78, 5) is 32.8. The average Bonchev–Trinajstić information content (AvgIpc) is 2.74. The topological polar surface area (TPSA) is 126 Å². The second-order valence-corrected chi connectivity index (χ2v) is 9.97. The number of nitrogens with two attached hydrogens (primary N) is 1. The lowest BCUT2D eigenvalue weighted by Crippen LogP contribution is -2.52. The molecule has 9 nitrogen and oxygen atoms in total. The lowest BCUT2D eigenvalue weighted by atomic mass is 9.80. The number of pyridine rings is 2. The minimum absolute atomic E-state index is 0.128. The number of carbonyl (C=O) groups is 2. The first kappa shape index (κ1) is 28.0. The Morgan fingerprint density at radius 1 is 1.17 bits per heavy atom. The largest absolute Gasteiger partial charge is 0.472 e. The van der Waals surface area contributed by atoms with Gasteiger partial charge in [0.15, 0.2) is 17.9 Å². The van der Waals surface area contributed by atoms with Crippen molar-refractivity contribution in [2.45, 2.75) is 66.7 Å². The summed E-state index contributed by atoms with van der Waals surface area (Å²) in [5, 5.41) is 2.22. The third-order valence-electron chi connectivity index (χ3n) is 5.19. The standard InChI is InChI=1S/C25H35FN4O5/c1-14(2)13-25(7,22(31)35-24(4,5)6)21(27)34-18-10-9-17(29-15(18)3)16-11-12-28-20(19(16)26)30-23(32)33-8/h9-12,14,21H,13,27H2,1-8H3,(H,28,30,32)/t21-,25?/m0/s1. The highest BCUT2D eigenvalue weighted by Gasteiger charge is 2.45. The molecule has 2 aromatic heterocycles. The Hall–Kier alpha value is -3.27. The van der Waals surface area contributed by atoms with E-state index in [1.807, 2.05) is 13.8 Å². The Balaban J connectivity index is 2.33. The Kier molecular flexibility index (Phi) is 8.78. The van der Waals surface area contributed by atoms with Gasteiger partial charge in [0.25, 0.3) is 0 Å². The molecule has 0 radical (unpaired) electrons. The number of hydrogen-bond donors (Lipinski definition) is 2. The summed E-state index contributed by atoms with van der Waals surface area (Å²) in [6.45, 7) is 12.8. The van der Waals surface area contributed by atoms with Crippen molar-refractivity contribution in [1.82, 2.24) is 9.97 Å². The number of nitrogens with zero attached hydrogens (tertiary/aromatic N) is 2. The normalized spacial score (nSPS) is 14.1. The molecule has 10 heteroatoms. The van der Waals surface area contributed by atoms with Crippen molar-refractivity contribution < 1.29 is 28.2 Å². The van der Waals surface area contributed by atoms with Gasteiger partial charge in [0.1, 0.15) is 16.8 Å². The highest BCUT2D eigenvalue weighted by molar-refractivity contribution is 5.84. The average molecular weight is 491 g/mol. The van der Waals surface area contributed by atoms with E-state index in [-0.39, 0.29) is 17.3 Å². The van der Waals surface area contributed by atoms with Crippen LogP contribution >= 0.6 is 0 Å². The van der Waals surface area contributed by atoms with Gasteiger partial charge in [0.05, 0.1) is 18.5 Å². The number of carbonyl (C=O) groups excluding carboxylic acids is 2. The molecule has 0 aromatic carbocycles. The Morgan fingerprint density at radius 3 is 2.37 bits per heavy atom. The van der Waals surface area contributed by atoms with Crippen LogP contribution in [0.2, 0.25) is 0 Å². The molecule has 0 aliphatic rings. The fourth-order valence-corrected chi connectivity index (χ4v) is 3.52. The van der Waals surface area contributed by atoms with Gasteiger partial charge in [-0.2, -0.15) is 0 Å². The summed E-state index contributed by atoms with van der Waals surface area (Å²) in [7, 11) is 1.17. The van der Waals surface area contributed by atoms with E-state index in [0.29, 0.717) is 23.6 Å². The van der Waals surface area contributed by atoms with E-state index < -0.39 is 35.1 Å². The van der Waals surface area contributed by atoms with Crippen molar-refractivity contribution in [2.24, 2.45) is 17.1 Å². The molecule has 0 spiro atoms. The molecule has 2 aromatic rings. The van der Waals surface area contributed by atoms with E-state index in [2.05, 4.69) is 20.0 Å². The number of anilines is 1. The zero-order chi connectivity index (χ0) is 26.6. The number of ether oxygens (including phenoxy) is 3. The zero-order valence-corrected chi connectivity index (χ0v) is 21.6. The Bertz CT molecular complexity index is 1070. The molecule has 1 unspecified atom stereocenters. The van der Waals surface area contributed by atoms with Crippen molar-refractivity contribution in [3.63, 3.8) is 0 Å². The van der Waals surface area contributed by atoms with E-state index in [1.165, 1.54) is 19.4 Å². The fourth-order valence-electron chi connectivity index (χ4n) is 3.52. The Labute approximate surface area is 205 Å². The number of aryl methyl sites for hydroxylation is 1. The van der Waals surface area contributed by atoms with Crippen LogP contribution in [0.3, 0.4) is 0 Å². The van der Waals surface area contributed by atoms with E-state index in [9.17, 15) is 14.0 Å². The van der Waals surface area contributed by atoms with Crippen LogP contribution in [0.15, 0.2) is 24.4 Å². The molecule has 0 fully saturated rings. The van der Waals surface area contributed by atoms with Crippen LogP contribution in [-0.2, 0) is 14.3 Å². The van der Waals surface area contributed by atoms with Crippen LogP contribution in [0.5, 0.6) is 5.75 Å². The molecule has 0 bridgehead atoms. The number of esters is 1. The summed E-state index contributed by atoms with van der Waals surface area (Å²) < 4.78 is 31.0. The van der Waals surface area contributed by atoms with Gasteiger partial charge in [-0.15, -0.1) is 0 Å². The second kappa shape index (κ2) is 11.0. The van der Waals surface area contributed by atoms with Crippen LogP contribution in [0.1, 0.15) is 53.7 Å². The summed E-state index contributed by atoms with van der Waals surface area (Å²) in [6, 6.07) is 4.60. The first-order chi connectivity index (χ1) is 16.2. The number of halogens is 1. The van der Waals surface area contributed by atoms with E-state index in [0.717, 1.165) is 0 Å². The van der Waals surface area contributed by atoms with Crippen LogP contribution in [-0.4, -0.2) is 41.0 Å². The maximum absolute atomic E-state index is 14.9. The molecule has 2 atom stereocenters. The fraction of sp³-hybridized carbons (Fsp3) is 0.520. The third kappa shape index (κ3) is 7.11. The van der Waals surface area contributed by atoms with Gasteiger partial charge < -0.3 is 14.2 Å².